The van der Waals surface area contributed by atoms with Crippen molar-refractivity contribution in [2.75, 3.05) is 20.1 Å². The molecule has 0 radical (unpaired) electrons. The van der Waals surface area contributed by atoms with E-state index in [1.807, 2.05) is 0 Å². The molecule has 1 aliphatic heterocycles. The van der Waals surface area contributed by atoms with Crippen LogP contribution in [-0.2, 0) is 17.8 Å². The Labute approximate surface area is 184 Å². The molecule has 1 amide bonds. The molecular formula is C22H27FN4O5. The molecule has 10 heteroatoms. The van der Waals surface area contributed by atoms with Gasteiger partial charge >= 0.3 is 11.7 Å². The summed E-state index contributed by atoms with van der Waals surface area (Å²) >= 11 is 0. The van der Waals surface area contributed by atoms with E-state index in [4.69, 9.17) is 0 Å². The van der Waals surface area contributed by atoms with Crippen molar-refractivity contribution in [1.29, 1.82) is 0 Å². The second-order valence-corrected chi connectivity index (χ2v) is 8.18. The molecule has 9 nitrogen and oxygen atoms in total. The van der Waals surface area contributed by atoms with E-state index < -0.39 is 47.4 Å². The van der Waals surface area contributed by atoms with Gasteiger partial charge < -0.3 is 15.3 Å². The highest BCUT2D eigenvalue weighted by Crippen LogP contribution is 2.25. The van der Waals surface area contributed by atoms with Crippen molar-refractivity contribution in [3.05, 3.63) is 67.7 Å². The lowest BCUT2D eigenvalue weighted by Gasteiger charge is -2.37. The molecule has 0 aliphatic carbocycles. The zero-order valence-electron chi connectivity index (χ0n) is 18.3. The first-order chi connectivity index (χ1) is 15.1. The van der Waals surface area contributed by atoms with Crippen LogP contribution in [0.15, 0.2) is 33.9 Å². The number of benzene rings is 1. The number of carboxylic acids is 1. The third-order valence-electron chi connectivity index (χ3n) is 5.56. The minimum absolute atomic E-state index is 0.142. The molecule has 0 fully saturated rings. The third-order valence-corrected chi connectivity index (χ3v) is 5.56. The van der Waals surface area contributed by atoms with Gasteiger partial charge in [0.2, 0.25) is 0 Å². The van der Waals surface area contributed by atoms with Crippen molar-refractivity contribution in [2.24, 2.45) is 0 Å². The predicted molar refractivity (Wildman–Crippen MR) is 115 cm³/mol. The number of carbonyl (C=O) groups excluding carboxylic acids is 1. The molecular weight excluding hydrogens is 419 g/mol. The Balaban J connectivity index is 2.21. The number of aliphatic carboxylic acids is 1. The second kappa shape index (κ2) is 9.47. The molecule has 2 N–H and O–H groups in total. The number of fused-ring (bicyclic) bond motifs is 1. The Morgan fingerprint density at radius 2 is 1.88 bits per heavy atom. The van der Waals surface area contributed by atoms with Crippen LogP contribution in [0.2, 0.25) is 0 Å². The van der Waals surface area contributed by atoms with E-state index in [0.29, 0.717) is 18.5 Å². The summed E-state index contributed by atoms with van der Waals surface area (Å²) in [6, 6.07) is 4.73. The molecule has 1 unspecified atom stereocenters. The number of amides is 1. The number of nitrogens with zero attached hydrogens (tertiary/aromatic N) is 3. The van der Waals surface area contributed by atoms with E-state index in [9.17, 15) is 28.7 Å². The summed E-state index contributed by atoms with van der Waals surface area (Å²) in [7, 11) is 1.76. The SMILES string of the molecule is CNCCC1CN(Cc2ccc(F)cc2)C(=O)c2c(CC(=O)O)c(=O)n(C(C)C)c(=O)n21. The molecule has 0 saturated heterocycles. The van der Waals surface area contributed by atoms with Gasteiger partial charge in [-0.2, -0.15) is 0 Å². The molecule has 2 heterocycles. The predicted octanol–water partition coefficient (Wildman–Crippen LogP) is 1.16. The van der Waals surface area contributed by atoms with Crippen LogP contribution in [0.4, 0.5) is 4.39 Å². The zero-order valence-corrected chi connectivity index (χ0v) is 18.3. The van der Waals surface area contributed by atoms with Gasteiger partial charge in [-0.1, -0.05) is 12.1 Å². The molecule has 0 spiro atoms. The summed E-state index contributed by atoms with van der Waals surface area (Å²) in [4.78, 5) is 52.8. The highest BCUT2D eigenvalue weighted by atomic mass is 19.1. The van der Waals surface area contributed by atoms with Gasteiger partial charge in [0.1, 0.15) is 11.5 Å². The summed E-state index contributed by atoms with van der Waals surface area (Å²) < 4.78 is 15.6. The number of aromatic nitrogens is 2. The highest BCUT2D eigenvalue weighted by Gasteiger charge is 2.37. The number of nitrogens with one attached hydrogen (secondary N) is 1. The highest BCUT2D eigenvalue weighted by molar-refractivity contribution is 5.95. The van der Waals surface area contributed by atoms with Crippen molar-refractivity contribution >= 4 is 11.9 Å². The van der Waals surface area contributed by atoms with Crippen LogP contribution >= 0.6 is 0 Å². The fourth-order valence-corrected chi connectivity index (χ4v) is 4.07. The minimum Gasteiger partial charge on any atom is -0.481 e. The minimum atomic E-state index is -1.27. The fraction of sp³-hybridized carbons (Fsp3) is 0.455. The number of hydrogen-bond acceptors (Lipinski definition) is 5. The van der Waals surface area contributed by atoms with E-state index in [0.717, 1.165) is 4.57 Å². The molecule has 0 bridgehead atoms. The number of rotatable bonds is 8. The first kappa shape index (κ1) is 23.4. The quantitative estimate of drug-likeness (QED) is 0.629. The van der Waals surface area contributed by atoms with Crippen LogP contribution in [0.25, 0.3) is 0 Å². The van der Waals surface area contributed by atoms with Crippen LogP contribution in [-0.4, -0.2) is 51.2 Å². The lowest BCUT2D eigenvalue weighted by Crippen LogP contribution is -2.54. The van der Waals surface area contributed by atoms with Gasteiger partial charge in [-0.25, -0.2) is 9.18 Å². The molecule has 172 valence electrons. The van der Waals surface area contributed by atoms with Gasteiger partial charge in [0.15, 0.2) is 0 Å². The number of halogens is 1. The van der Waals surface area contributed by atoms with Gasteiger partial charge in [-0.05, 0) is 51.6 Å². The topological polar surface area (TPSA) is 114 Å². The maximum atomic E-state index is 13.4. The summed E-state index contributed by atoms with van der Waals surface area (Å²) in [6.45, 7) is 4.21. The Morgan fingerprint density at radius 1 is 1.22 bits per heavy atom. The first-order valence-electron chi connectivity index (χ1n) is 10.5. The average Bonchev–Trinajstić information content (AvgIpc) is 2.72. The van der Waals surface area contributed by atoms with Crippen LogP contribution in [0.5, 0.6) is 0 Å². The molecule has 0 saturated carbocycles. The van der Waals surface area contributed by atoms with Crippen LogP contribution in [0.1, 0.15) is 54.0 Å². The second-order valence-electron chi connectivity index (χ2n) is 8.18. The van der Waals surface area contributed by atoms with Gasteiger partial charge in [-0.3, -0.25) is 23.5 Å². The van der Waals surface area contributed by atoms with E-state index >= 15 is 0 Å². The van der Waals surface area contributed by atoms with Gasteiger partial charge in [0, 0.05) is 19.1 Å². The van der Waals surface area contributed by atoms with Crippen molar-refractivity contribution in [3.8, 4) is 0 Å². The smallest absolute Gasteiger partial charge is 0.332 e. The molecule has 1 aliphatic rings. The first-order valence-corrected chi connectivity index (χ1v) is 10.5. The molecule has 2 aromatic rings. The maximum Gasteiger partial charge on any atom is 0.332 e. The largest absolute Gasteiger partial charge is 0.481 e. The van der Waals surface area contributed by atoms with E-state index in [-0.39, 0.29) is 24.3 Å². The number of carbonyl (C=O) groups is 2. The van der Waals surface area contributed by atoms with Crippen LogP contribution < -0.4 is 16.6 Å². The summed E-state index contributed by atoms with van der Waals surface area (Å²) in [5, 5.41) is 12.4. The standard InChI is InChI=1S/C22H27FN4O5/c1-13(2)26-20(30)17(10-18(28)29)19-21(31)25(11-14-4-6-15(23)7-5-14)12-16(8-9-24-3)27(19)22(26)32/h4-7,13,16,24H,8-12H2,1-3H3,(H,28,29). The van der Waals surface area contributed by atoms with Gasteiger partial charge in [-0.15, -0.1) is 0 Å². The van der Waals surface area contributed by atoms with E-state index in [1.54, 1.807) is 33.0 Å². The Morgan fingerprint density at radius 3 is 2.44 bits per heavy atom. The Kier molecular flexibility index (Phi) is 6.93. The molecule has 1 atom stereocenters. The summed E-state index contributed by atoms with van der Waals surface area (Å²) in [5.74, 6) is -2.26. The number of carboxylic acid groups (broad SMARTS) is 1. The summed E-state index contributed by atoms with van der Waals surface area (Å²) in [6.07, 6.45) is -0.185. The lowest BCUT2D eigenvalue weighted by atomic mass is 10.0. The molecule has 32 heavy (non-hydrogen) atoms. The van der Waals surface area contributed by atoms with Crippen molar-refractivity contribution in [3.63, 3.8) is 0 Å². The van der Waals surface area contributed by atoms with E-state index in [2.05, 4.69) is 5.32 Å². The molecule has 1 aromatic carbocycles. The lowest BCUT2D eigenvalue weighted by molar-refractivity contribution is -0.136. The number of hydrogen-bond donors (Lipinski definition) is 2. The normalized spacial score (nSPS) is 15.8. The molecule has 1 aromatic heterocycles. The third kappa shape index (κ3) is 4.50. The van der Waals surface area contributed by atoms with Crippen LogP contribution in [0, 0.1) is 5.82 Å². The maximum absolute atomic E-state index is 13.4. The Hall–Kier alpha value is -3.27. The van der Waals surface area contributed by atoms with Crippen molar-refractivity contribution < 1.29 is 19.1 Å². The van der Waals surface area contributed by atoms with Crippen molar-refractivity contribution in [2.45, 2.75) is 45.3 Å². The monoisotopic (exact) mass is 446 g/mol. The zero-order chi connectivity index (χ0) is 23.6. The van der Waals surface area contributed by atoms with E-state index in [1.165, 1.54) is 21.6 Å². The molecule has 3 rings (SSSR count). The van der Waals surface area contributed by atoms with Gasteiger partial charge in [0.05, 0.1) is 18.0 Å². The fourth-order valence-electron chi connectivity index (χ4n) is 4.07. The average molecular weight is 446 g/mol. The Bertz CT molecular complexity index is 1140. The van der Waals surface area contributed by atoms with Crippen molar-refractivity contribution in [1.82, 2.24) is 19.4 Å². The van der Waals surface area contributed by atoms with Crippen LogP contribution in [0.3, 0.4) is 0 Å². The summed E-state index contributed by atoms with van der Waals surface area (Å²) in [5.41, 5.74) is -1.07. The van der Waals surface area contributed by atoms with Gasteiger partial charge in [0.25, 0.3) is 11.5 Å².